The van der Waals surface area contributed by atoms with Crippen LogP contribution in [0.5, 0.6) is 11.6 Å². The fraction of sp³-hybridized carbons (Fsp3) is 0.267. The van der Waals surface area contributed by atoms with Crippen LogP contribution < -0.4 is 16.0 Å². The van der Waals surface area contributed by atoms with E-state index in [1.165, 1.54) is 0 Å². The van der Waals surface area contributed by atoms with Crippen LogP contribution in [0.15, 0.2) is 18.2 Å². The summed E-state index contributed by atoms with van der Waals surface area (Å²) in [6.45, 7) is 5.75. The van der Waals surface area contributed by atoms with Crippen LogP contribution in [0.1, 0.15) is 29.4 Å². The van der Waals surface area contributed by atoms with E-state index in [9.17, 15) is 0 Å². The molecule has 108 valence electrons. The molecule has 0 saturated heterocycles. The Morgan fingerprint density at radius 3 is 2.43 bits per heavy atom. The fourth-order valence-electron chi connectivity index (χ4n) is 2.04. The highest BCUT2D eigenvalue weighted by molar-refractivity contribution is 5.49. The standard InChI is InChI=1S/C15H17N5O/c1-4-12-18-13(20-17)7-14(19-12)21-15-9(2)5-11(8-16)6-10(15)3/h5-7H,4,17H2,1-3H3,(H,18,19,20). The molecule has 0 aliphatic rings. The van der Waals surface area contributed by atoms with E-state index in [4.69, 9.17) is 15.8 Å². The molecular weight excluding hydrogens is 266 g/mol. The van der Waals surface area contributed by atoms with Crippen molar-refractivity contribution in [3.8, 4) is 17.7 Å². The molecule has 0 atom stereocenters. The van der Waals surface area contributed by atoms with Gasteiger partial charge in [-0.15, -0.1) is 0 Å². The molecule has 6 nitrogen and oxygen atoms in total. The Morgan fingerprint density at radius 2 is 1.90 bits per heavy atom. The molecule has 0 fully saturated rings. The van der Waals surface area contributed by atoms with Crippen molar-refractivity contribution in [1.29, 1.82) is 5.26 Å². The number of hydrogen-bond acceptors (Lipinski definition) is 6. The smallest absolute Gasteiger partial charge is 0.224 e. The summed E-state index contributed by atoms with van der Waals surface area (Å²) in [5.74, 6) is 7.66. The third-order valence-corrected chi connectivity index (χ3v) is 3.01. The number of benzene rings is 1. The van der Waals surface area contributed by atoms with Crippen molar-refractivity contribution in [3.05, 3.63) is 40.7 Å². The van der Waals surface area contributed by atoms with E-state index in [-0.39, 0.29) is 0 Å². The van der Waals surface area contributed by atoms with Gasteiger partial charge in [0, 0.05) is 12.5 Å². The molecule has 0 radical (unpaired) electrons. The van der Waals surface area contributed by atoms with Gasteiger partial charge in [-0.1, -0.05) is 6.92 Å². The molecule has 0 aliphatic carbocycles. The number of aryl methyl sites for hydroxylation is 3. The molecule has 21 heavy (non-hydrogen) atoms. The van der Waals surface area contributed by atoms with E-state index < -0.39 is 0 Å². The van der Waals surface area contributed by atoms with Crippen molar-refractivity contribution in [2.24, 2.45) is 5.84 Å². The van der Waals surface area contributed by atoms with Crippen LogP contribution in [-0.4, -0.2) is 9.97 Å². The first-order valence-corrected chi connectivity index (χ1v) is 6.61. The van der Waals surface area contributed by atoms with Crippen molar-refractivity contribution in [2.75, 3.05) is 5.43 Å². The Morgan fingerprint density at radius 1 is 1.24 bits per heavy atom. The number of aromatic nitrogens is 2. The number of nitrogens with one attached hydrogen (secondary N) is 1. The summed E-state index contributed by atoms with van der Waals surface area (Å²) < 4.78 is 5.87. The SMILES string of the molecule is CCc1nc(NN)cc(Oc2c(C)cc(C#N)cc2C)n1. The molecule has 1 aromatic heterocycles. The van der Waals surface area contributed by atoms with Gasteiger partial charge in [-0.3, -0.25) is 0 Å². The lowest BCUT2D eigenvalue weighted by molar-refractivity contribution is 0.452. The molecule has 0 bridgehead atoms. The van der Waals surface area contributed by atoms with Gasteiger partial charge in [-0.25, -0.2) is 10.8 Å². The molecule has 6 heteroatoms. The predicted molar refractivity (Wildman–Crippen MR) is 79.9 cm³/mol. The molecule has 3 N–H and O–H groups in total. The average molecular weight is 283 g/mol. The second-order valence-electron chi connectivity index (χ2n) is 4.66. The molecule has 0 saturated carbocycles. The van der Waals surface area contributed by atoms with Gasteiger partial charge >= 0.3 is 0 Å². The van der Waals surface area contributed by atoms with E-state index in [0.29, 0.717) is 35.3 Å². The van der Waals surface area contributed by atoms with Gasteiger partial charge < -0.3 is 10.2 Å². The summed E-state index contributed by atoms with van der Waals surface area (Å²) in [5, 5.41) is 8.97. The number of nitrogen functional groups attached to an aromatic ring is 1. The van der Waals surface area contributed by atoms with Gasteiger partial charge in [0.1, 0.15) is 17.4 Å². The summed E-state index contributed by atoms with van der Waals surface area (Å²) >= 11 is 0. The average Bonchev–Trinajstić information content (AvgIpc) is 2.50. The highest BCUT2D eigenvalue weighted by Gasteiger charge is 2.10. The molecule has 2 rings (SSSR count). The van der Waals surface area contributed by atoms with Crippen LogP contribution in [0.25, 0.3) is 0 Å². The number of hydrogen-bond donors (Lipinski definition) is 2. The van der Waals surface area contributed by atoms with Crippen LogP contribution in [0.2, 0.25) is 0 Å². The molecule has 0 spiro atoms. The summed E-state index contributed by atoms with van der Waals surface area (Å²) in [4.78, 5) is 8.54. The van der Waals surface area contributed by atoms with E-state index in [1.807, 2.05) is 20.8 Å². The Labute approximate surface area is 123 Å². The van der Waals surface area contributed by atoms with Crippen LogP contribution in [-0.2, 0) is 6.42 Å². The molecule has 0 aliphatic heterocycles. The minimum Gasteiger partial charge on any atom is -0.438 e. The first-order valence-electron chi connectivity index (χ1n) is 6.61. The van der Waals surface area contributed by atoms with E-state index in [2.05, 4.69) is 21.5 Å². The number of anilines is 1. The minimum absolute atomic E-state index is 0.422. The molecule has 1 heterocycles. The topological polar surface area (TPSA) is 96.9 Å². The maximum absolute atomic E-state index is 8.97. The van der Waals surface area contributed by atoms with Gasteiger partial charge in [0.15, 0.2) is 0 Å². The molecule has 1 aromatic carbocycles. The fourth-order valence-corrected chi connectivity index (χ4v) is 2.04. The second kappa shape index (κ2) is 6.20. The Kier molecular flexibility index (Phi) is 4.36. The monoisotopic (exact) mass is 283 g/mol. The van der Waals surface area contributed by atoms with Crippen molar-refractivity contribution in [3.63, 3.8) is 0 Å². The molecule has 0 amide bonds. The Hall–Kier alpha value is -2.65. The molecule has 0 unspecified atom stereocenters. The van der Waals surface area contributed by atoms with E-state index in [1.54, 1.807) is 18.2 Å². The lowest BCUT2D eigenvalue weighted by Gasteiger charge is -2.13. The van der Waals surface area contributed by atoms with Crippen molar-refractivity contribution in [2.45, 2.75) is 27.2 Å². The number of nitriles is 1. The first kappa shape index (κ1) is 14.8. The number of hydrazine groups is 1. The van der Waals surface area contributed by atoms with E-state index >= 15 is 0 Å². The van der Waals surface area contributed by atoms with Crippen molar-refractivity contribution < 1.29 is 4.74 Å². The molecular formula is C15H17N5O. The lowest BCUT2D eigenvalue weighted by atomic mass is 10.1. The number of nitrogens with two attached hydrogens (primary N) is 1. The number of rotatable bonds is 4. The van der Waals surface area contributed by atoms with Gasteiger partial charge in [-0.05, 0) is 37.1 Å². The maximum Gasteiger partial charge on any atom is 0.224 e. The largest absolute Gasteiger partial charge is 0.438 e. The number of ether oxygens (including phenoxy) is 1. The van der Waals surface area contributed by atoms with Gasteiger partial charge in [-0.2, -0.15) is 10.2 Å². The lowest BCUT2D eigenvalue weighted by Crippen LogP contribution is -2.10. The van der Waals surface area contributed by atoms with Crippen LogP contribution >= 0.6 is 0 Å². The summed E-state index contributed by atoms with van der Waals surface area (Å²) in [7, 11) is 0. The Bertz CT molecular complexity index is 660. The van der Waals surface area contributed by atoms with Crippen molar-refractivity contribution >= 4 is 5.82 Å². The third-order valence-electron chi connectivity index (χ3n) is 3.01. The highest BCUT2D eigenvalue weighted by Crippen LogP contribution is 2.29. The summed E-state index contributed by atoms with van der Waals surface area (Å²) in [5.41, 5.74) is 4.87. The number of nitrogens with zero attached hydrogens (tertiary/aromatic N) is 3. The van der Waals surface area contributed by atoms with E-state index in [0.717, 1.165) is 11.1 Å². The summed E-state index contributed by atoms with van der Waals surface area (Å²) in [6, 6.07) is 7.33. The van der Waals surface area contributed by atoms with Gasteiger partial charge in [0.25, 0.3) is 0 Å². The minimum atomic E-state index is 0.422. The Balaban J connectivity index is 2.41. The van der Waals surface area contributed by atoms with Gasteiger partial charge in [0.05, 0.1) is 11.6 Å². The predicted octanol–water partition coefficient (Wildman–Crippen LogP) is 2.61. The molecule has 2 aromatic rings. The third kappa shape index (κ3) is 3.27. The zero-order valence-corrected chi connectivity index (χ0v) is 12.3. The zero-order chi connectivity index (χ0) is 15.4. The van der Waals surface area contributed by atoms with Crippen molar-refractivity contribution in [1.82, 2.24) is 9.97 Å². The maximum atomic E-state index is 8.97. The van der Waals surface area contributed by atoms with Crippen LogP contribution in [0.3, 0.4) is 0 Å². The van der Waals surface area contributed by atoms with Gasteiger partial charge in [0.2, 0.25) is 5.88 Å². The quantitative estimate of drug-likeness (QED) is 0.661. The summed E-state index contributed by atoms with van der Waals surface area (Å²) in [6.07, 6.45) is 0.678. The normalized spacial score (nSPS) is 10.0. The first-order chi connectivity index (χ1) is 10.1. The van der Waals surface area contributed by atoms with Crippen LogP contribution in [0.4, 0.5) is 5.82 Å². The van der Waals surface area contributed by atoms with Crippen LogP contribution in [0, 0.1) is 25.2 Å². The zero-order valence-electron chi connectivity index (χ0n) is 12.3. The highest BCUT2D eigenvalue weighted by atomic mass is 16.5. The second-order valence-corrected chi connectivity index (χ2v) is 4.66.